The fourth-order valence-electron chi connectivity index (χ4n) is 1.87. The zero-order valence-corrected chi connectivity index (χ0v) is 13.9. The third-order valence-corrected chi connectivity index (χ3v) is 3.29. The molecule has 0 heterocycles. The topological polar surface area (TPSA) is 36.9 Å². The van der Waals surface area contributed by atoms with Gasteiger partial charge >= 0.3 is 6.16 Å². The predicted molar refractivity (Wildman–Crippen MR) is 70.5 cm³/mol. The van der Waals surface area contributed by atoms with Crippen molar-refractivity contribution in [2.24, 2.45) is 0 Å². The van der Waals surface area contributed by atoms with Crippen molar-refractivity contribution in [2.75, 3.05) is 14.2 Å². The average molecular weight is 440 g/mol. The molecular weight excluding hydrogens is 434 g/mol. The number of rotatable bonds is 6. The van der Waals surface area contributed by atoms with Crippen molar-refractivity contribution < 1.29 is 62.9 Å². The number of ether oxygens (including phenoxy) is 4. The molecule has 0 aliphatic heterocycles. The van der Waals surface area contributed by atoms with Crippen LogP contribution in [0.1, 0.15) is 0 Å². The van der Waals surface area contributed by atoms with Crippen LogP contribution in [0.2, 0.25) is 0 Å². The van der Waals surface area contributed by atoms with Crippen LogP contribution < -0.4 is 9.47 Å². The Hall–Kier alpha value is -2.74. The lowest BCUT2D eigenvalue weighted by Gasteiger charge is -2.30. The summed E-state index contributed by atoms with van der Waals surface area (Å²) in [6.07, 6.45) is -3.56. The van der Waals surface area contributed by atoms with Gasteiger partial charge in [-0.25, -0.2) is 26.3 Å². The first-order valence-electron chi connectivity index (χ1n) is 6.93. The average Bonchev–Trinajstić information content (AvgIpc) is 2.72. The Morgan fingerprint density at radius 1 is 0.414 bits per heavy atom. The molecule has 0 amide bonds. The van der Waals surface area contributed by atoms with Crippen molar-refractivity contribution in [2.45, 2.75) is 6.16 Å². The lowest BCUT2D eigenvalue weighted by Crippen LogP contribution is -2.47. The molecule has 0 aromatic heterocycles. The lowest BCUT2D eigenvalue weighted by atomic mass is 10.2. The van der Waals surface area contributed by atoms with Gasteiger partial charge in [-0.05, 0) is 0 Å². The van der Waals surface area contributed by atoms with Crippen molar-refractivity contribution >= 4 is 0 Å². The first-order chi connectivity index (χ1) is 13.4. The largest absolute Gasteiger partial charge is 0.509 e. The molecular formula is C15H6F10O4. The Morgan fingerprint density at radius 3 is 0.828 bits per heavy atom. The molecule has 0 atom stereocenters. The minimum Gasteiger partial charge on any atom is -0.400 e. The van der Waals surface area contributed by atoms with E-state index in [0.717, 1.165) is 0 Å². The van der Waals surface area contributed by atoms with Crippen LogP contribution >= 0.6 is 0 Å². The Kier molecular flexibility index (Phi) is 6.18. The van der Waals surface area contributed by atoms with Crippen LogP contribution in [0.25, 0.3) is 0 Å². The standard InChI is InChI=1S/C15H6F10O4/c1-26-15(27-2,28-13-9(22)5(18)3(16)6(19)10(13)23)29-14-11(24)7(20)4(17)8(21)12(14)25/h1-2H3. The summed E-state index contributed by atoms with van der Waals surface area (Å²) in [5, 5.41) is 0. The second-order valence-corrected chi connectivity index (χ2v) is 4.91. The molecule has 0 saturated heterocycles. The number of methoxy groups -OCH3 is 2. The van der Waals surface area contributed by atoms with Gasteiger partial charge in [0.2, 0.25) is 69.7 Å². The fraction of sp³-hybridized carbons (Fsp3) is 0.200. The van der Waals surface area contributed by atoms with Gasteiger partial charge in [0.25, 0.3) is 0 Å². The van der Waals surface area contributed by atoms with Crippen molar-refractivity contribution in [3.63, 3.8) is 0 Å². The number of halogens is 10. The van der Waals surface area contributed by atoms with Crippen LogP contribution in [0.5, 0.6) is 11.5 Å². The van der Waals surface area contributed by atoms with E-state index in [-0.39, 0.29) is 0 Å². The van der Waals surface area contributed by atoms with Gasteiger partial charge in [0.15, 0.2) is 0 Å². The molecule has 0 aliphatic carbocycles. The molecule has 0 fully saturated rings. The van der Waals surface area contributed by atoms with Gasteiger partial charge in [-0.1, -0.05) is 0 Å². The highest BCUT2D eigenvalue weighted by molar-refractivity contribution is 5.32. The van der Waals surface area contributed by atoms with E-state index in [2.05, 4.69) is 18.9 Å². The zero-order valence-electron chi connectivity index (χ0n) is 13.9. The number of hydrogen-bond acceptors (Lipinski definition) is 4. The minimum atomic E-state index is -3.56. The third-order valence-electron chi connectivity index (χ3n) is 3.29. The zero-order chi connectivity index (χ0) is 22.3. The molecule has 0 bridgehead atoms. The molecule has 14 heteroatoms. The SMILES string of the molecule is COC(OC)(Oc1c(F)c(F)c(F)c(F)c1F)Oc1c(F)c(F)c(F)c(F)c1F. The lowest BCUT2D eigenvalue weighted by molar-refractivity contribution is -0.425. The van der Waals surface area contributed by atoms with Crippen molar-refractivity contribution in [3.05, 3.63) is 58.2 Å². The highest BCUT2D eigenvalue weighted by Gasteiger charge is 2.44. The molecule has 0 unspecified atom stereocenters. The summed E-state index contributed by atoms with van der Waals surface area (Å²) in [5.41, 5.74) is 0. The molecule has 29 heavy (non-hydrogen) atoms. The monoisotopic (exact) mass is 440 g/mol. The Labute approximate surface area is 154 Å². The smallest absolute Gasteiger partial charge is 0.400 e. The maximum absolute atomic E-state index is 13.8. The molecule has 4 nitrogen and oxygen atoms in total. The summed E-state index contributed by atoms with van der Waals surface area (Å²) in [7, 11) is 1.03. The molecule has 160 valence electrons. The van der Waals surface area contributed by atoms with E-state index < -0.39 is 75.8 Å². The van der Waals surface area contributed by atoms with Gasteiger partial charge in [0, 0.05) is 14.2 Å². The third kappa shape index (κ3) is 3.64. The molecule has 2 rings (SSSR count). The predicted octanol–water partition coefficient (Wildman–Crippen LogP) is 4.44. The van der Waals surface area contributed by atoms with Crippen LogP contribution in [-0.4, -0.2) is 20.4 Å². The van der Waals surface area contributed by atoms with Gasteiger partial charge in [-0.2, -0.15) is 17.6 Å². The summed E-state index contributed by atoms with van der Waals surface area (Å²) in [4.78, 5) is 0. The maximum atomic E-state index is 13.8. The number of benzene rings is 2. The summed E-state index contributed by atoms with van der Waals surface area (Å²) in [6.45, 7) is 0. The molecule has 2 aromatic rings. The molecule has 0 aliphatic rings. The highest BCUT2D eigenvalue weighted by atomic mass is 19.2. The number of hydrogen-bond donors (Lipinski definition) is 0. The van der Waals surface area contributed by atoms with Crippen LogP contribution in [0, 0.1) is 58.2 Å². The van der Waals surface area contributed by atoms with Crippen molar-refractivity contribution in [1.82, 2.24) is 0 Å². The first kappa shape index (κ1) is 22.5. The van der Waals surface area contributed by atoms with Crippen LogP contribution in [0.15, 0.2) is 0 Å². The van der Waals surface area contributed by atoms with E-state index in [4.69, 9.17) is 0 Å². The Morgan fingerprint density at radius 2 is 0.621 bits per heavy atom. The van der Waals surface area contributed by atoms with Gasteiger partial charge in [0.05, 0.1) is 0 Å². The summed E-state index contributed by atoms with van der Waals surface area (Å²) < 4.78 is 151. The Bertz CT molecular complexity index is 830. The quantitative estimate of drug-likeness (QED) is 0.288. The molecule has 0 spiro atoms. The van der Waals surface area contributed by atoms with E-state index >= 15 is 0 Å². The normalized spacial score (nSPS) is 11.7. The summed E-state index contributed by atoms with van der Waals surface area (Å²) in [6, 6.07) is 0. The van der Waals surface area contributed by atoms with Crippen molar-refractivity contribution in [1.29, 1.82) is 0 Å². The first-order valence-corrected chi connectivity index (χ1v) is 6.93. The van der Waals surface area contributed by atoms with E-state index in [0.29, 0.717) is 14.2 Å². The highest BCUT2D eigenvalue weighted by Crippen LogP contribution is 2.36. The minimum absolute atomic E-state index is 0.515. The molecule has 0 radical (unpaired) electrons. The van der Waals surface area contributed by atoms with Gasteiger partial charge in [0.1, 0.15) is 0 Å². The van der Waals surface area contributed by atoms with Gasteiger partial charge in [-0.15, -0.1) is 0 Å². The molecule has 2 aromatic carbocycles. The van der Waals surface area contributed by atoms with Gasteiger partial charge in [-0.3, -0.25) is 9.47 Å². The van der Waals surface area contributed by atoms with Crippen LogP contribution in [-0.2, 0) is 9.47 Å². The van der Waals surface area contributed by atoms with E-state index in [1.165, 1.54) is 0 Å². The Balaban J connectivity index is 2.62. The fourth-order valence-corrected chi connectivity index (χ4v) is 1.87. The second-order valence-electron chi connectivity index (χ2n) is 4.91. The maximum Gasteiger partial charge on any atom is 0.509 e. The van der Waals surface area contributed by atoms with Crippen molar-refractivity contribution in [3.8, 4) is 11.5 Å². The summed E-state index contributed by atoms with van der Waals surface area (Å²) in [5.74, 6) is -29.6. The van der Waals surface area contributed by atoms with Crippen LogP contribution in [0.4, 0.5) is 43.9 Å². The molecule has 0 saturated carbocycles. The van der Waals surface area contributed by atoms with E-state index in [9.17, 15) is 43.9 Å². The van der Waals surface area contributed by atoms with E-state index in [1.807, 2.05) is 0 Å². The van der Waals surface area contributed by atoms with E-state index in [1.54, 1.807) is 0 Å². The summed E-state index contributed by atoms with van der Waals surface area (Å²) >= 11 is 0. The second kappa shape index (κ2) is 7.94. The molecule has 0 N–H and O–H groups in total. The van der Waals surface area contributed by atoms with Gasteiger partial charge < -0.3 is 9.47 Å². The van der Waals surface area contributed by atoms with Crippen LogP contribution in [0.3, 0.4) is 0 Å².